The summed E-state index contributed by atoms with van der Waals surface area (Å²) in [6, 6.07) is -0.817. The largest absolute Gasteiger partial charge is 0.480 e. The summed E-state index contributed by atoms with van der Waals surface area (Å²) in [5.41, 5.74) is 5.02. The molecule has 2 atom stereocenters. The van der Waals surface area contributed by atoms with E-state index in [-0.39, 0.29) is 12.5 Å². The minimum absolute atomic E-state index is 0.0542. The Balaban J connectivity index is 2.97. The molecule has 1 heterocycles. The molecule has 0 aromatic rings. The molecular weight excluding hydrogens is 236 g/mol. The zero-order chi connectivity index (χ0) is 13.9. The van der Waals surface area contributed by atoms with Crippen LogP contribution in [0, 0.1) is 5.41 Å². The molecule has 1 saturated heterocycles. The SMILES string of the molecule is COC(CN)C(=O)N1CCCC(C)(C)C1C(=O)O. The molecule has 1 fully saturated rings. The van der Waals surface area contributed by atoms with Gasteiger partial charge in [-0.2, -0.15) is 0 Å². The van der Waals surface area contributed by atoms with Crippen molar-refractivity contribution in [1.29, 1.82) is 0 Å². The van der Waals surface area contributed by atoms with Crippen molar-refractivity contribution >= 4 is 11.9 Å². The predicted octanol–water partition coefficient (Wildman–Crippen LogP) is 0.0619. The minimum atomic E-state index is -0.972. The van der Waals surface area contributed by atoms with Crippen molar-refractivity contribution in [2.45, 2.75) is 38.8 Å². The normalized spacial score (nSPS) is 24.7. The molecule has 6 nitrogen and oxygen atoms in total. The standard InChI is InChI=1S/C12H22N2O4/c1-12(2)5-4-6-14(9(12)11(16)17)10(15)8(7-13)18-3/h8-9H,4-7,13H2,1-3H3,(H,16,17). The molecule has 104 valence electrons. The van der Waals surface area contributed by atoms with E-state index in [0.29, 0.717) is 6.54 Å². The maximum atomic E-state index is 12.2. The number of piperidine rings is 1. The molecule has 1 aliphatic rings. The van der Waals surface area contributed by atoms with Gasteiger partial charge in [0.15, 0.2) is 0 Å². The van der Waals surface area contributed by atoms with E-state index < -0.39 is 23.5 Å². The van der Waals surface area contributed by atoms with Crippen LogP contribution >= 0.6 is 0 Å². The number of hydrogen-bond acceptors (Lipinski definition) is 4. The molecule has 0 saturated carbocycles. The summed E-state index contributed by atoms with van der Waals surface area (Å²) in [7, 11) is 1.40. The summed E-state index contributed by atoms with van der Waals surface area (Å²) >= 11 is 0. The minimum Gasteiger partial charge on any atom is -0.480 e. The van der Waals surface area contributed by atoms with Crippen LogP contribution in [0.3, 0.4) is 0 Å². The molecule has 0 spiro atoms. The maximum absolute atomic E-state index is 12.2. The fourth-order valence-corrected chi connectivity index (χ4v) is 2.58. The van der Waals surface area contributed by atoms with Crippen molar-refractivity contribution in [3.8, 4) is 0 Å². The average molecular weight is 258 g/mol. The molecule has 6 heteroatoms. The van der Waals surface area contributed by atoms with E-state index in [4.69, 9.17) is 10.5 Å². The highest BCUT2D eigenvalue weighted by Crippen LogP contribution is 2.35. The van der Waals surface area contributed by atoms with E-state index in [2.05, 4.69) is 0 Å². The van der Waals surface area contributed by atoms with Crippen molar-refractivity contribution in [3.05, 3.63) is 0 Å². The van der Waals surface area contributed by atoms with Gasteiger partial charge in [-0.25, -0.2) is 4.79 Å². The lowest BCUT2D eigenvalue weighted by atomic mass is 9.76. The zero-order valence-corrected chi connectivity index (χ0v) is 11.2. The topological polar surface area (TPSA) is 92.9 Å². The highest BCUT2D eigenvalue weighted by Gasteiger charge is 2.45. The molecule has 0 aliphatic carbocycles. The fraction of sp³-hybridized carbons (Fsp3) is 0.833. The van der Waals surface area contributed by atoms with Crippen LogP contribution in [0.4, 0.5) is 0 Å². The highest BCUT2D eigenvalue weighted by molar-refractivity contribution is 5.87. The molecule has 0 aromatic heterocycles. The molecule has 1 rings (SSSR count). The first-order valence-electron chi connectivity index (χ1n) is 6.11. The Hall–Kier alpha value is -1.14. The number of rotatable bonds is 4. The van der Waals surface area contributed by atoms with Crippen LogP contribution in [0.25, 0.3) is 0 Å². The van der Waals surface area contributed by atoms with Crippen LogP contribution in [0.1, 0.15) is 26.7 Å². The van der Waals surface area contributed by atoms with Gasteiger partial charge in [-0.3, -0.25) is 4.79 Å². The first-order chi connectivity index (χ1) is 8.35. The second-order valence-corrected chi connectivity index (χ2v) is 5.32. The number of likely N-dealkylation sites (tertiary alicyclic amines) is 1. The maximum Gasteiger partial charge on any atom is 0.326 e. The van der Waals surface area contributed by atoms with Gasteiger partial charge >= 0.3 is 5.97 Å². The number of carbonyl (C=O) groups is 2. The molecule has 0 aromatic carbocycles. The van der Waals surface area contributed by atoms with Gasteiger partial charge in [0, 0.05) is 20.2 Å². The molecule has 0 bridgehead atoms. The van der Waals surface area contributed by atoms with Crippen molar-refractivity contribution in [2.24, 2.45) is 11.1 Å². The average Bonchev–Trinajstić information content (AvgIpc) is 2.28. The molecule has 1 aliphatic heterocycles. The summed E-state index contributed by atoms with van der Waals surface area (Å²) in [4.78, 5) is 25.0. The Morgan fingerprint density at radius 1 is 1.56 bits per heavy atom. The Morgan fingerprint density at radius 2 is 2.17 bits per heavy atom. The third kappa shape index (κ3) is 2.81. The van der Waals surface area contributed by atoms with Gasteiger partial charge in [-0.15, -0.1) is 0 Å². The summed E-state index contributed by atoms with van der Waals surface area (Å²) in [6.07, 6.45) is 0.818. The smallest absolute Gasteiger partial charge is 0.326 e. The fourth-order valence-electron chi connectivity index (χ4n) is 2.58. The Kier molecular flexibility index (Phi) is 4.70. The number of carboxylic acids is 1. The number of carboxylic acid groups (broad SMARTS) is 1. The van der Waals surface area contributed by atoms with Crippen molar-refractivity contribution in [2.75, 3.05) is 20.2 Å². The van der Waals surface area contributed by atoms with Crippen LogP contribution in [0.2, 0.25) is 0 Å². The van der Waals surface area contributed by atoms with Crippen LogP contribution in [-0.4, -0.2) is 54.2 Å². The number of nitrogens with two attached hydrogens (primary N) is 1. The number of carbonyl (C=O) groups excluding carboxylic acids is 1. The van der Waals surface area contributed by atoms with Crippen LogP contribution in [-0.2, 0) is 14.3 Å². The summed E-state index contributed by atoms with van der Waals surface area (Å²) < 4.78 is 5.00. The predicted molar refractivity (Wildman–Crippen MR) is 66.0 cm³/mol. The summed E-state index contributed by atoms with van der Waals surface area (Å²) in [6.45, 7) is 4.24. The van der Waals surface area contributed by atoms with Gasteiger partial charge < -0.3 is 20.5 Å². The van der Waals surface area contributed by atoms with E-state index >= 15 is 0 Å². The van der Waals surface area contributed by atoms with E-state index in [1.807, 2.05) is 13.8 Å². The second-order valence-electron chi connectivity index (χ2n) is 5.32. The number of ether oxygens (including phenoxy) is 1. The van der Waals surface area contributed by atoms with E-state index in [1.165, 1.54) is 12.0 Å². The van der Waals surface area contributed by atoms with Crippen LogP contribution in [0.15, 0.2) is 0 Å². The first kappa shape index (κ1) is 14.9. The number of amides is 1. The Morgan fingerprint density at radius 3 is 2.61 bits per heavy atom. The van der Waals surface area contributed by atoms with Crippen molar-refractivity contribution in [3.63, 3.8) is 0 Å². The Labute approximate surface area is 107 Å². The Bertz CT molecular complexity index is 326. The van der Waals surface area contributed by atoms with Gasteiger partial charge in [-0.05, 0) is 18.3 Å². The van der Waals surface area contributed by atoms with E-state index in [9.17, 15) is 14.7 Å². The second kappa shape index (κ2) is 5.67. The molecule has 3 N–H and O–H groups in total. The van der Waals surface area contributed by atoms with E-state index in [0.717, 1.165) is 12.8 Å². The van der Waals surface area contributed by atoms with Gasteiger partial charge in [-0.1, -0.05) is 13.8 Å². The third-order valence-electron chi connectivity index (χ3n) is 3.56. The van der Waals surface area contributed by atoms with Crippen LogP contribution in [0.5, 0.6) is 0 Å². The van der Waals surface area contributed by atoms with Gasteiger partial charge in [0.1, 0.15) is 12.1 Å². The molecular formula is C12H22N2O4. The monoisotopic (exact) mass is 258 g/mol. The van der Waals surface area contributed by atoms with Crippen molar-refractivity contribution in [1.82, 2.24) is 4.90 Å². The lowest BCUT2D eigenvalue weighted by molar-refractivity contribution is -0.163. The number of hydrogen-bond donors (Lipinski definition) is 2. The lowest BCUT2D eigenvalue weighted by Gasteiger charge is -2.44. The number of aliphatic carboxylic acids is 1. The van der Waals surface area contributed by atoms with Crippen LogP contribution < -0.4 is 5.73 Å². The van der Waals surface area contributed by atoms with Gasteiger partial charge in [0.2, 0.25) is 0 Å². The van der Waals surface area contributed by atoms with Gasteiger partial charge in [0.05, 0.1) is 0 Å². The van der Waals surface area contributed by atoms with Gasteiger partial charge in [0.25, 0.3) is 5.91 Å². The molecule has 2 unspecified atom stereocenters. The number of methoxy groups -OCH3 is 1. The molecule has 0 radical (unpaired) electrons. The molecule has 18 heavy (non-hydrogen) atoms. The first-order valence-corrected chi connectivity index (χ1v) is 6.11. The van der Waals surface area contributed by atoms with Crippen molar-refractivity contribution < 1.29 is 19.4 Å². The molecule has 1 amide bonds. The lowest BCUT2D eigenvalue weighted by Crippen LogP contribution is -2.59. The highest BCUT2D eigenvalue weighted by atomic mass is 16.5. The third-order valence-corrected chi connectivity index (χ3v) is 3.56. The zero-order valence-electron chi connectivity index (χ0n) is 11.2. The summed E-state index contributed by atoms with van der Waals surface area (Å²) in [5, 5.41) is 9.35. The number of nitrogens with zero attached hydrogens (tertiary/aromatic N) is 1. The van der Waals surface area contributed by atoms with E-state index in [1.54, 1.807) is 0 Å². The quantitative estimate of drug-likeness (QED) is 0.744. The summed E-state index contributed by atoms with van der Waals surface area (Å²) in [5.74, 6) is -1.31.